The average molecular weight is 323 g/mol. The fourth-order valence-corrected chi connectivity index (χ4v) is 2.26. The Morgan fingerprint density at radius 1 is 1.41 bits per heavy atom. The van der Waals surface area contributed by atoms with E-state index in [-0.39, 0.29) is 5.92 Å². The van der Waals surface area contributed by atoms with Crippen LogP contribution in [0.3, 0.4) is 0 Å². The van der Waals surface area contributed by atoms with Gasteiger partial charge in [0.05, 0.1) is 6.54 Å². The third-order valence-electron chi connectivity index (χ3n) is 3.67. The Labute approximate surface area is 134 Å². The normalized spacial score (nSPS) is 13.8. The topological polar surface area (TPSA) is 75.4 Å². The molecule has 2 aromatic rings. The quantitative estimate of drug-likeness (QED) is 0.814. The van der Waals surface area contributed by atoms with E-state index in [0.717, 1.165) is 12.0 Å². The highest BCUT2D eigenvalue weighted by Gasteiger charge is 2.23. The van der Waals surface area contributed by atoms with E-state index in [2.05, 4.69) is 10.5 Å². The number of aliphatic carboxylic acids is 1. The fraction of sp³-hybridized carbons (Fsp3) is 0.375. The maximum absolute atomic E-state index is 11.3. The summed E-state index contributed by atoms with van der Waals surface area (Å²) in [7, 11) is 0. The molecule has 0 fully saturated rings. The number of hydrogen-bond acceptors (Lipinski definition) is 4. The standard InChI is InChI=1S/C16H19ClN2O3/c1-3-10(2)15(16(20)21)18-9-13-8-14(19-22-13)11-4-6-12(17)7-5-11/h4-8,10,15,18H,3,9H2,1-2H3,(H,20,21)/t10-,15-/m0/s1. The number of rotatable bonds is 7. The largest absolute Gasteiger partial charge is 0.480 e. The predicted octanol–water partition coefficient (Wildman–Crippen LogP) is 3.58. The van der Waals surface area contributed by atoms with Crippen LogP contribution in [0.4, 0.5) is 0 Å². The molecule has 6 heteroatoms. The van der Waals surface area contributed by atoms with E-state index in [1.807, 2.05) is 26.0 Å². The van der Waals surface area contributed by atoms with Crippen LogP contribution in [-0.2, 0) is 11.3 Å². The molecule has 0 saturated carbocycles. The summed E-state index contributed by atoms with van der Waals surface area (Å²) in [4.78, 5) is 11.3. The van der Waals surface area contributed by atoms with E-state index in [4.69, 9.17) is 16.1 Å². The lowest BCUT2D eigenvalue weighted by Gasteiger charge is -2.19. The molecule has 1 aromatic heterocycles. The monoisotopic (exact) mass is 322 g/mol. The Morgan fingerprint density at radius 3 is 2.68 bits per heavy atom. The zero-order chi connectivity index (χ0) is 16.1. The minimum Gasteiger partial charge on any atom is -0.480 e. The van der Waals surface area contributed by atoms with Crippen molar-refractivity contribution in [2.45, 2.75) is 32.9 Å². The first kappa shape index (κ1) is 16.5. The Kier molecular flexibility index (Phi) is 5.57. The zero-order valence-corrected chi connectivity index (χ0v) is 13.3. The molecule has 0 aliphatic carbocycles. The van der Waals surface area contributed by atoms with Crippen LogP contribution in [-0.4, -0.2) is 22.3 Å². The van der Waals surface area contributed by atoms with Gasteiger partial charge in [0.25, 0.3) is 0 Å². The van der Waals surface area contributed by atoms with Crippen LogP contribution in [0.2, 0.25) is 5.02 Å². The van der Waals surface area contributed by atoms with Gasteiger partial charge in [0.1, 0.15) is 11.7 Å². The van der Waals surface area contributed by atoms with Crippen LogP contribution >= 0.6 is 11.6 Å². The minimum atomic E-state index is -0.855. The summed E-state index contributed by atoms with van der Waals surface area (Å²) in [6.45, 7) is 4.20. The van der Waals surface area contributed by atoms with Crippen LogP contribution in [0.5, 0.6) is 0 Å². The second-order valence-electron chi connectivity index (χ2n) is 5.27. The molecule has 2 atom stereocenters. The molecule has 5 nitrogen and oxygen atoms in total. The van der Waals surface area contributed by atoms with Crippen molar-refractivity contribution >= 4 is 17.6 Å². The van der Waals surface area contributed by atoms with Crippen molar-refractivity contribution in [1.82, 2.24) is 10.5 Å². The molecule has 22 heavy (non-hydrogen) atoms. The van der Waals surface area contributed by atoms with Crippen molar-refractivity contribution in [2.75, 3.05) is 0 Å². The number of hydrogen-bond donors (Lipinski definition) is 2. The molecule has 0 aliphatic rings. The van der Waals surface area contributed by atoms with Crippen molar-refractivity contribution in [1.29, 1.82) is 0 Å². The molecular weight excluding hydrogens is 304 g/mol. The Hall–Kier alpha value is -1.85. The highest BCUT2D eigenvalue weighted by Crippen LogP contribution is 2.21. The van der Waals surface area contributed by atoms with E-state index in [0.29, 0.717) is 23.0 Å². The fourth-order valence-electron chi connectivity index (χ4n) is 2.13. The molecule has 0 bridgehead atoms. The van der Waals surface area contributed by atoms with Crippen LogP contribution in [0.1, 0.15) is 26.0 Å². The van der Waals surface area contributed by atoms with E-state index < -0.39 is 12.0 Å². The molecule has 2 rings (SSSR count). The van der Waals surface area contributed by atoms with Gasteiger partial charge in [0.15, 0.2) is 5.76 Å². The Bertz CT molecular complexity index is 625. The summed E-state index contributed by atoms with van der Waals surface area (Å²) in [6.07, 6.45) is 0.788. The summed E-state index contributed by atoms with van der Waals surface area (Å²) in [5.74, 6) is -0.220. The molecule has 0 unspecified atom stereocenters. The van der Waals surface area contributed by atoms with Crippen LogP contribution in [0, 0.1) is 5.92 Å². The second-order valence-corrected chi connectivity index (χ2v) is 5.70. The summed E-state index contributed by atoms with van der Waals surface area (Å²) >= 11 is 5.85. The van der Waals surface area contributed by atoms with Crippen molar-refractivity contribution in [2.24, 2.45) is 5.92 Å². The van der Waals surface area contributed by atoms with Crippen molar-refractivity contribution in [3.8, 4) is 11.3 Å². The van der Waals surface area contributed by atoms with E-state index in [1.54, 1.807) is 18.2 Å². The molecule has 0 saturated heterocycles. The lowest BCUT2D eigenvalue weighted by atomic mass is 9.99. The van der Waals surface area contributed by atoms with Crippen LogP contribution in [0.15, 0.2) is 34.9 Å². The number of halogens is 1. The van der Waals surface area contributed by atoms with Gasteiger partial charge in [-0.25, -0.2) is 0 Å². The summed E-state index contributed by atoms with van der Waals surface area (Å²) in [6, 6.07) is 8.48. The number of carboxylic acids is 1. The lowest BCUT2D eigenvalue weighted by Crippen LogP contribution is -2.41. The van der Waals surface area contributed by atoms with Crippen molar-refractivity contribution in [3.63, 3.8) is 0 Å². The number of carbonyl (C=O) groups is 1. The van der Waals surface area contributed by atoms with Crippen molar-refractivity contribution < 1.29 is 14.4 Å². The Balaban J connectivity index is 2.02. The molecular formula is C16H19ClN2O3. The molecule has 2 N–H and O–H groups in total. The minimum absolute atomic E-state index is 0.0381. The third kappa shape index (κ3) is 4.08. The van der Waals surface area contributed by atoms with Crippen molar-refractivity contribution in [3.05, 3.63) is 41.1 Å². The summed E-state index contributed by atoms with van der Waals surface area (Å²) in [5, 5.41) is 16.9. The van der Waals surface area contributed by atoms with Gasteiger partial charge in [0, 0.05) is 16.7 Å². The van der Waals surface area contributed by atoms with Gasteiger partial charge in [-0.2, -0.15) is 0 Å². The summed E-state index contributed by atoms with van der Waals surface area (Å²) < 4.78 is 5.25. The van der Waals surface area contributed by atoms with Crippen LogP contribution in [0.25, 0.3) is 11.3 Å². The highest BCUT2D eigenvalue weighted by molar-refractivity contribution is 6.30. The van der Waals surface area contributed by atoms with E-state index >= 15 is 0 Å². The lowest BCUT2D eigenvalue weighted by molar-refractivity contribution is -0.140. The number of nitrogens with zero attached hydrogens (tertiary/aromatic N) is 1. The van der Waals surface area contributed by atoms with Gasteiger partial charge in [-0.1, -0.05) is 49.2 Å². The number of carboxylic acid groups (broad SMARTS) is 1. The SMILES string of the molecule is CC[C@H](C)[C@H](NCc1cc(-c2ccc(Cl)cc2)no1)C(=O)O. The first-order valence-electron chi connectivity index (χ1n) is 7.19. The third-order valence-corrected chi connectivity index (χ3v) is 3.93. The first-order chi connectivity index (χ1) is 10.5. The maximum atomic E-state index is 11.3. The predicted molar refractivity (Wildman–Crippen MR) is 84.7 cm³/mol. The molecule has 0 radical (unpaired) electrons. The van der Waals surface area contributed by atoms with Gasteiger partial charge >= 0.3 is 5.97 Å². The molecule has 0 aliphatic heterocycles. The first-order valence-corrected chi connectivity index (χ1v) is 7.56. The average Bonchev–Trinajstić information content (AvgIpc) is 2.96. The Morgan fingerprint density at radius 2 is 2.09 bits per heavy atom. The van der Waals surface area contributed by atoms with Gasteiger partial charge < -0.3 is 9.63 Å². The smallest absolute Gasteiger partial charge is 0.320 e. The molecule has 1 aromatic carbocycles. The van der Waals surface area contributed by atoms with E-state index in [9.17, 15) is 9.90 Å². The van der Waals surface area contributed by atoms with Gasteiger partial charge in [-0.3, -0.25) is 10.1 Å². The number of nitrogens with one attached hydrogen (secondary N) is 1. The maximum Gasteiger partial charge on any atom is 0.320 e. The molecule has 0 amide bonds. The highest BCUT2D eigenvalue weighted by atomic mass is 35.5. The molecule has 118 valence electrons. The van der Waals surface area contributed by atoms with Gasteiger partial charge in [0.2, 0.25) is 0 Å². The number of benzene rings is 1. The number of aromatic nitrogens is 1. The molecule has 1 heterocycles. The van der Waals surface area contributed by atoms with Gasteiger partial charge in [-0.05, 0) is 18.1 Å². The second kappa shape index (κ2) is 7.42. The summed E-state index contributed by atoms with van der Waals surface area (Å²) in [5.41, 5.74) is 1.60. The molecule has 0 spiro atoms. The van der Waals surface area contributed by atoms with Gasteiger partial charge in [-0.15, -0.1) is 0 Å². The van der Waals surface area contributed by atoms with Crippen LogP contribution < -0.4 is 5.32 Å². The van der Waals surface area contributed by atoms with E-state index in [1.165, 1.54) is 0 Å². The zero-order valence-electron chi connectivity index (χ0n) is 12.5.